The number of carbonyl (C=O) groups is 1. The average molecular weight is 352 g/mol. The molecular weight excluding hydrogens is 331 g/mol. The van der Waals surface area contributed by atoms with Crippen LogP contribution in [0.3, 0.4) is 0 Å². The zero-order valence-corrected chi connectivity index (χ0v) is 14.6. The molecule has 0 fully saturated rings. The number of amides is 1. The van der Waals surface area contributed by atoms with E-state index in [9.17, 15) is 9.18 Å². The van der Waals surface area contributed by atoms with Gasteiger partial charge < -0.3 is 5.32 Å². The predicted molar refractivity (Wildman–Crippen MR) is 97.2 cm³/mol. The van der Waals surface area contributed by atoms with Gasteiger partial charge in [0.1, 0.15) is 18.5 Å². The number of hydrogen-bond acceptors (Lipinski definition) is 3. The second kappa shape index (κ2) is 8.38. The Kier molecular flexibility index (Phi) is 5.73. The SMILES string of the molecule is C[C@@H](CCc1ccc(F)cc1)NC(=O)c1cccc(Cn2cncn2)c1. The van der Waals surface area contributed by atoms with E-state index < -0.39 is 0 Å². The van der Waals surface area contributed by atoms with Gasteiger partial charge in [-0.05, 0) is 55.2 Å². The minimum absolute atomic E-state index is 0.0199. The molecule has 6 heteroatoms. The summed E-state index contributed by atoms with van der Waals surface area (Å²) in [5, 5.41) is 7.09. The van der Waals surface area contributed by atoms with Crippen molar-refractivity contribution >= 4 is 5.91 Å². The standard InChI is InChI=1S/C20H21FN4O/c1-15(5-6-16-7-9-19(21)10-8-16)24-20(26)18-4-2-3-17(11-18)12-25-14-22-13-23-25/h2-4,7-11,13-15H,5-6,12H2,1H3,(H,24,26)/t15-/m0/s1. The molecule has 3 rings (SSSR count). The number of halogens is 1. The fourth-order valence-corrected chi connectivity index (χ4v) is 2.73. The number of carbonyl (C=O) groups excluding carboxylic acids is 1. The highest BCUT2D eigenvalue weighted by atomic mass is 19.1. The molecule has 0 aliphatic rings. The second-order valence-corrected chi connectivity index (χ2v) is 6.33. The Labute approximate surface area is 151 Å². The Balaban J connectivity index is 1.54. The van der Waals surface area contributed by atoms with Crippen LogP contribution in [-0.4, -0.2) is 26.7 Å². The smallest absolute Gasteiger partial charge is 0.251 e. The van der Waals surface area contributed by atoms with Crippen molar-refractivity contribution in [2.24, 2.45) is 0 Å². The van der Waals surface area contributed by atoms with Crippen molar-refractivity contribution in [3.05, 3.63) is 83.7 Å². The molecule has 0 spiro atoms. The normalized spacial score (nSPS) is 11.9. The topological polar surface area (TPSA) is 59.8 Å². The zero-order chi connectivity index (χ0) is 18.4. The zero-order valence-electron chi connectivity index (χ0n) is 14.6. The van der Waals surface area contributed by atoms with Gasteiger partial charge in [-0.1, -0.05) is 24.3 Å². The molecule has 0 unspecified atom stereocenters. The van der Waals surface area contributed by atoms with Gasteiger partial charge in [-0.2, -0.15) is 5.10 Å². The number of hydrogen-bond donors (Lipinski definition) is 1. The molecule has 1 atom stereocenters. The molecule has 0 bridgehead atoms. The molecule has 0 radical (unpaired) electrons. The quantitative estimate of drug-likeness (QED) is 0.710. The van der Waals surface area contributed by atoms with Crippen molar-refractivity contribution < 1.29 is 9.18 Å². The first kappa shape index (κ1) is 17.8. The number of nitrogens with zero attached hydrogens (tertiary/aromatic N) is 3. The van der Waals surface area contributed by atoms with Crippen LogP contribution in [0, 0.1) is 5.82 Å². The molecule has 134 valence electrons. The van der Waals surface area contributed by atoms with E-state index >= 15 is 0 Å². The lowest BCUT2D eigenvalue weighted by Crippen LogP contribution is -2.33. The summed E-state index contributed by atoms with van der Waals surface area (Å²) in [6.45, 7) is 2.54. The van der Waals surface area contributed by atoms with Gasteiger partial charge in [-0.3, -0.25) is 4.79 Å². The van der Waals surface area contributed by atoms with Crippen LogP contribution in [0.2, 0.25) is 0 Å². The monoisotopic (exact) mass is 352 g/mol. The van der Waals surface area contributed by atoms with Crippen LogP contribution in [0.15, 0.2) is 61.2 Å². The molecular formula is C20H21FN4O. The average Bonchev–Trinajstić information content (AvgIpc) is 3.14. The van der Waals surface area contributed by atoms with Gasteiger partial charge in [0.2, 0.25) is 0 Å². The molecule has 0 aliphatic carbocycles. The van der Waals surface area contributed by atoms with Crippen LogP contribution < -0.4 is 5.32 Å². The Bertz CT molecular complexity index is 847. The number of benzene rings is 2. The Morgan fingerprint density at radius 3 is 2.73 bits per heavy atom. The summed E-state index contributed by atoms with van der Waals surface area (Å²) in [7, 11) is 0. The Morgan fingerprint density at radius 2 is 2.00 bits per heavy atom. The minimum Gasteiger partial charge on any atom is -0.350 e. The highest BCUT2D eigenvalue weighted by Gasteiger charge is 2.11. The fourth-order valence-electron chi connectivity index (χ4n) is 2.73. The summed E-state index contributed by atoms with van der Waals surface area (Å²) in [4.78, 5) is 16.4. The number of nitrogens with one attached hydrogen (secondary N) is 1. The second-order valence-electron chi connectivity index (χ2n) is 6.33. The maximum absolute atomic E-state index is 12.9. The van der Waals surface area contributed by atoms with Gasteiger partial charge >= 0.3 is 0 Å². The van der Waals surface area contributed by atoms with Gasteiger partial charge in [0.05, 0.1) is 6.54 Å². The summed E-state index contributed by atoms with van der Waals surface area (Å²) in [5.41, 5.74) is 2.67. The lowest BCUT2D eigenvalue weighted by molar-refractivity contribution is 0.0938. The van der Waals surface area contributed by atoms with E-state index in [1.54, 1.807) is 29.2 Å². The van der Waals surface area contributed by atoms with E-state index in [0.717, 1.165) is 24.0 Å². The number of rotatable bonds is 7. The Morgan fingerprint density at radius 1 is 1.19 bits per heavy atom. The van der Waals surface area contributed by atoms with Crippen LogP contribution in [-0.2, 0) is 13.0 Å². The third-order valence-corrected chi connectivity index (χ3v) is 4.16. The molecule has 5 nitrogen and oxygen atoms in total. The van der Waals surface area contributed by atoms with Crippen molar-refractivity contribution in [2.75, 3.05) is 0 Å². The van der Waals surface area contributed by atoms with Gasteiger partial charge in [-0.25, -0.2) is 14.1 Å². The van der Waals surface area contributed by atoms with Gasteiger partial charge in [0.25, 0.3) is 5.91 Å². The number of aryl methyl sites for hydroxylation is 1. The summed E-state index contributed by atoms with van der Waals surface area (Å²) in [6, 6.07) is 14.0. The van der Waals surface area contributed by atoms with Gasteiger partial charge in [0.15, 0.2) is 0 Å². The van der Waals surface area contributed by atoms with Crippen LogP contribution in [0.4, 0.5) is 4.39 Å². The molecule has 1 heterocycles. The molecule has 3 aromatic rings. The van der Waals surface area contributed by atoms with Crippen molar-refractivity contribution in [3.8, 4) is 0 Å². The van der Waals surface area contributed by atoms with Gasteiger partial charge in [0, 0.05) is 11.6 Å². The van der Waals surface area contributed by atoms with E-state index in [0.29, 0.717) is 12.1 Å². The molecule has 0 aliphatic heterocycles. The van der Waals surface area contributed by atoms with E-state index in [2.05, 4.69) is 15.4 Å². The third kappa shape index (κ3) is 4.99. The van der Waals surface area contributed by atoms with E-state index in [1.807, 2.05) is 25.1 Å². The maximum Gasteiger partial charge on any atom is 0.251 e. The predicted octanol–water partition coefficient (Wildman–Crippen LogP) is 3.22. The molecule has 26 heavy (non-hydrogen) atoms. The van der Waals surface area contributed by atoms with Crippen LogP contribution in [0.25, 0.3) is 0 Å². The minimum atomic E-state index is -0.235. The van der Waals surface area contributed by atoms with E-state index in [4.69, 9.17) is 0 Å². The molecule has 1 amide bonds. The fraction of sp³-hybridized carbons (Fsp3) is 0.250. The van der Waals surface area contributed by atoms with Crippen LogP contribution in [0.5, 0.6) is 0 Å². The maximum atomic E-state index is 12.9. The van der Waals surface area contributed by atoms with Crippen molar-refractivity contribution in [3.63, 3.8) is 0 Å². The molecule has 1 N–H and O–H groups in total. The van der Waals surface area contributed by atoms with Crippen LogP contribution in [0.1, 0.15) is 34.8 Å². The highest BCUT2D eigenvalue weighted by Crippen LogP contribution is 2.10. The molecule has 1 aromatic heterocycles. The van der Waals surface area contributed by atoms with Crippen molar-refractivity contribution in [1.82, 2.24) is 20.1 Å². The first-order valence-electron chi connectivity index (χ1n) is 8.57. The summed E-state index contributed by atoms with van der Waals surface area (Å²) in [5.74, 6) is -0.335. The molecule has 0 saturated heterocycles. The molecule has 2 aromatic carbocycles. The van der Waals surface area contributed by atoms with E-state index in [1.165, 1.54) is 18.5 Å². The highest BCUT2D eigenvalue weighted by molar-refractivity contribution is 5.94. The lowest BCUT2D eigenvalue weighted by atomic mass is 10.1. The molecule has 0 saturated carbocycles. The first-order valence-corrected chi connectivity index (χ1v) is 8.57. The van der Waals surface area contributed by atoms with Crippen molar-refractivity contribution in [2.45, 2.75) is 32.4 Å². The summed E-state index contributed by atoms with van der Waals surface area (Å²) in [6.07, 6.45) is 4.70. The third-order valence-electron chi connectivity index (χ3n) is 4.16. The lowest BCUT2D eigenvalue weighted by Gasteiger charge is -2.14. The van der Waals surface area contributed by atoms with Crippen molar-refractivity contribution in [1.29, 1.82) is 0 Å². The largest absolute Gasteiger partial charge is 0.350 e. The van der Waals surface area contributed by atoms with E-state index in [-0.39, 0.29) is 17.8 Å². The Hall–Kier alpha value is -3.02. The first-order chi connectivity index (χ1) is 12.6. The summed E-state index contributed by atoms with van der Waals surface area (Å²) < 4.78 is 14.6. The summed E-state index contributed by atoms with van der Waals surface area (Å²) >= 11 is 0. The number of aromatic nitrogens is 3. The van der Waals surface area contributed by atoms with Crippen LogP contribution >= 0.6 is 0 Å². The van der Waals surface area contributed by atoms with Gasteiger partial charge in [-0.15, -0.1) is 0 Å².